The van der Waals surface area contributed by atoms with Gasteiger partial charge in [-0.25, -0.2) is 4.68 Å². The molecule has 0 bridgehead atoms. The first-order chi connectivity index (χ1) is 13.4. The van der Waals surface area contributed by atoms with Gasteiger partial charge in [0.1, 0.15) is 0 Å². The lowest BCUT2D eigenvalue weighted by Gasteiger charge is -2.05. The van der Waals surface area contributed by atoms with Crippen LogP contribution in [0.3, 0.4) is 0 Å². The van der Waals surface area contributed by atoms with E-state index in [1.54, 1.807) is 6.20 Å². The van der Waals surface area contributed by atoms with E-state index in [-0.39, 0.29) is 0 Å². The number of benzene rings is 1. The lowest BCUT2D eigenvalue weighted by Crippen LogP contribution is -2.17. The first-order valence-corrected chi connectivity index (χ1v) is 9.05. The van der Waals surface area contributed by atoms with Crippen molar-refractivity contribution in [2.45, 2.75) is 13.0 Å². The van der Waals surface area contributed by atoms with Gasteiger partial charge in [-0.2, -0.15) is 5.10 Å². The molecule has 0 aliphatic carbocycles. The highest BCUT2D eigenvalue weighted by molar-refractivity contribution is 5.62. The van der Waals surface area contributed by atoms with Gasteiger partial charge in [0, 0.05) is 61.1 Å². The summed E-state index contributed by atoms with van der Waals surface area (Å²) < 4.78 is 1.93. The SMILES string of the molecule is c1ccc(-n2cc(CNCCc3ccccn3)c(-c3cccnc3)n2)cc1. The Bertz CT molecular complexity index is 966. The highest BCUT2D eigenvalue weighted by Crippen LogP contribution is 2.23. The van der Waals surface area contributed by atoms with Gasteiger partial charge in [0.15, 0.2) is 0 Å². The smallest absolute Gasteiger partial charge is 0.0988 e. The van der Waals surface area contributed by atoms with E-state index in [2.05, 4.69) is 39.7 Å². The van der Waals surface area contributed by atoms with Gasteiger partial charge in [0.2, 0.25) is 0 Å². The Morgan fingerprint density at radius 3 is 2.56 bits per heavy atom. The number of aromatic nitrogens is 4. The second-order valence-corrected chi connectivity index (χ2v) is 6.27. The Morgan fingerprint density at radius 1 is 0.889 bits per heavy atom. The molecule has 0 radical (unpaired) electrons. The van der Waals surface area contributed by atoms with Gasteiger partial charge in [0.05, 0.1) is 11.4 Å². The summed E-state index contributed by atoms with van der Waals surface area (Å²) in [6, 6.07) is 20.2. The maximum Gasteiger partial charge on any atom is 0.0988 e. The second kappa shape index (κ2) is 8.38. The molecule has 1 aromatic carbocycles. The van der Waals surface area contributed by atoms with E-state index < -0.39 is 0 Å². The predicted octanol–water partition coefficient (Wildman–Crippen LogP) is 3.66. The van der Waals surface area contributed by atoms with Crippen LogP contribution in [0.25, 0.3) is 16.9 Å². The van der Waals surface area contributed by atoms with Gasteiger partial charge in [-0.1, -0.05) is 24.3 Å². The van der Waals surface area contributed by atoms with Crippen LogP contribution in [0.4, 0.5) is 0 Å². The fourth-order valence-corrected chi connectivity index (χ4v) is 2.98. The maximum atomic E-state index is 4.81. The molecule has 1 N–H and O–H groups in total. The normalized spacial score (nSPS) is 10.8. The molecule has 4 rings (SSSR count). The Kier molecular flexibility index (Phi) is 5.31. The average Bonchev–Trinajstić information content (AvgIpc) is 3.17. The average molecular weight is 355 g/mol. The van der Waals surface area contributed by atoms with Gasteiger partial charge < -0.3 is 5.32 Å². The number of nitrogens with zero attached hydrogens (tertiary/aromatic N) is 4. The van der Waals surface area contributed by atoms with E-state index in [4.69, 9.17) is 5.10 Å². The zero-order valence-corrected chi connectivity index (χ0v) is 15.0. The number of hydrogen-bond donors (Lipinski definition) is 1. The molecule has 0 aliphatic heterocycles. The Morgan fingerprint density at radius 2 is 1.78 bits per heavy atom. The molecular weight excluding hydrogens is 334 g/mol. The molecule has 4 aromatic rings. The van der Waals surface area contributed by atoms with E-state index >= 15 is 0 Å². The third-order valence-electron chi connectivity index (χ3n) is 4.35. The molecule has 3 aromatic heterocycles. The fraction of sp³-hybridized carbons (Fsp3) is 0.136. The van der Waals surface area contributed by atoms with Gasteiger partial charge in [-0.05, 0) is 36.4 Å². The third kappa shape index (κ3) is 4.27. The minimum atomic E-state index is 0.740. The molecule has 0 amide bonds. The first kappa shape index (κ1) is 17.1. The second-order valence-electron chi connectivity index (χ2n) is 6.27. The quantitative estimate of drug-likeness (QED) is 0.514. The van der Waals surface area contributed by atoms with Crippen LogP contribution in [0.2, 0.25) is 0 Å². The zero-order valence-electron chi connectivity index (χ0n) is 15.0. The summed E-state index contributed by atoms with van der Waals surface area (Å²) in [5.41, 5.74) is 5.26. The monoisotopic (exact) mass is 355 g/mol. The maximum absolute atomic E-state index is 4.81. The van der Waals surface area contributed by atoms with Gasteiger partial charge in [-0.15, -0.1) is 0 Å². The zero-order chi connectivity index (χ0) is 18.3. The lowest BCUT2D eigenvalue weighted by atomic mass is 10.1. The molecular formula is C22H21N5. The molecule has 0 saturated carbocycles. The Labute approximate surface area is 158 Å². The van der Waals surface area contributed by atoms with Gasteiger partial charge in [-0.3, -0.25) is 9.97 Å². The van der Waals surface area contributed by atoms with Crippen LogP contribution in [0.15, 0.2) is 85.5 Å². The summed E-state index contributed by atoms with van der Waals surface area (Å²) in [6.45, 7) is 1.60. The van der Waals surface area contributed by atoms with Crippen LogP contribution >= 0.6 is 0 Å². The van der Waals surface area contributed by atoms with Crippen LogP contribution in [0.5, 0.6) is 0 Å². The Balaban J connectivity index is 1.52. The minimum absolute atomic E-state index is 0.740. The highest BCUT2D eigenvalue weighted by Gasteiger charge is 2.12. The largest absolute Gasteiger partial charge is 0.312 e. The van der Waals surface area contributed by atoms with Crippen molar-refractivity contribution in [3.63, 3.8) is 0 Å². The minimum Gasteiger partial charge on any atom is -0.312 e. The predicted molar refractivity (Wildman–Crippen MR) is 106 cm³/mol. The Hall–Kier alpha value is -3.31. The number of rotatable bonds is 7. The van der Waals surface area contributed by atoms with Crippen molar-refractivity contribution >= 4 is 0 Å². The van der Waals surface area contributed by atoms with E-state index in [1.807, 2.05) is 59.5 Å². The molecule has 0 atom stereocenters. The third-order valence-corrected chi connectivity index (χ3v) is 4.35. The molecule has 0 fully saturated rings. The van der Waals surface area contributed by atoms with Gasteiger partial charge in [0.25, 0.3) is 0 Å². The van der Waals surface area contributed by atoms with Crippen molar-refractivity contribution < 1.29 is 0 Å². The summed E-state index contributed by atoms with van der Waals surface area (Å²) in [7, 11) is 0. The molecule has 5 nitrogen and oxygen atoms in total. The van der Waals surface area contributed by atoms with Crippen LogP contribution in [0.1, 0.15) is 11.3 Å². The highest BCUT2D eigenvalue weighted by atomic mass is 15.3. The first-order valence-electron chi connectivity index (χ1n) is 9.05. The van der Waals surface area contributed by atoms with Crippen LogP contribution in [-0.4, -0.2) is 26.3 Å². The van der Waals surface area contributed by atoms with E-state index in [0.717, 1.165) is 47.7 Å². The van der Waals surface area contributed by atoms with Crippen molar-refractivity contribution in [2.75, 3.05) is 6.54 Å². The molecule has 5 heteroatoms. The standard InChI is InChI=1S/C22H21N5/c1-2-9-21(10-3-1)27-17-19(22(26-27)18-7-6-12-23-15-18)16-24-14-11-20-8-4-5-13-25-20/h1-10,12-13,15,17,24H,11,14,16H2. The number of hydrogen-bond acceptors (Lipinski definition) is 4. The summed E-state index contributed by atoms with van der Waals surface area (Å²) >= 11 is 0. The molecule has 27 heavy (non-hydrogen) atoms. The summed E-state index contributed by atoms with van der Waals surface area (Å²) in [5, 5.41) is 8.32. The van der Waals surface area contributed by atoms with Crippen molar-refractivity contribution in [3.05, 3.63) is 96.7 Å². The molecule has 134 valence electrons. The summed E-state index contributed by atoms with van der Waals surface area (Å²) in [5.74, 6) is 0. The lowest BCUT2D eigenvalue weighted by molar-refractivity contribution is 0.680. The molecule has 3 heterocycles. The topological polar surface area (TPSA) is 55.6 Å². The number of pyridine rings is 2. The van der Waals surface area contributed by atoms with Crippen LogP contribution in [0, 0.1) is 0 Å². The van der Waals surface area contributed by atoms with Gasteiger partial charge >= 0.3 is 0 Å². The summed E-state index contributed by atoms with van der Waals surface area (Å²) in [4.78, 5) is 8.61. The molecule has 0 saturated heterocycles. The van der Waals surface area contributed by atoms with Crippen molar-refractivity contribution in [1.29, 1.82) is 0 Å². The summed E-state index contributed by atoms with van der Waals surface area (Å²) in [6.07, 6.45) is 8.46. The van der Waals surface area contributed by atoms with Crippen molar-refractivity contribution in [3.8, 4) is 16.9 Å². The van der Waals surface area contributed by atoms with E-state index in [0.29, 0.717) is 0 Å². The molecule has 0 unspecified atom stereocenters. The van der Waals surface area contributed by atoms with E-state index in [1.165, 1.54) is 0 Å². The fourth-order valence-electron chi connectivity index (χ4n) is 2.98. The van der Waals surface area contributed by atoms with Crippen molar-refractivity contribution in [1.82, 2.24) is 25.1 Å². The number of para-hydroxylation sites is 1. The molecule has 0 spiro atoms. The molecule has 0 aliphatic rings. The number of nitrogens with one attached hydrogen (secondary N) is 1. The van der Waals surface area contributed by atoms with Crippen LogP contribution < -0.4 is 5.32 Å². The van der Waals surface area contributed by atoms with Crippen molar-refractivity contribution in [2.24, 2.45) is 0 Å². The van der Waals surface area contributed by atoms with E-state index in [9.17, 15) is 0 Å². The van der Waals surface area contributed by atoms with Crippen LogP contribution in [-0.2, 0) is 13.0 Å².